The van der Waals surface area contributed by atoms with Gasteiger partial charge in [0.15, 0.2) is 0 Å². The lowest BCUT2D eigenvalue weighted by atomic mass is 9.98. The predicted octanol–water partition coefficient (Wildman–Crippen LogP) is 5.32. The van der Waals surface area contributed by atoms with Gasteiger partial charge in [-0.3, -0.25) is 0 Å². The van der Waals surface area contributed by atoms with Gasteiger partial charge in [-0.1, -0.05) is 11.6 Å². The molecule has 0 bridgehead atoms. The second-order valence-electron chi connectivity index (χ2n) is 10.6. The molecule has 202 valence electrons. The van der Waals surface area contributed by atoms with E-state index in [4.69, 9.17) is 25.9 Å². The van der Waals surface area contributed by atoms with E-state index in [2.05, 4.69) is 20.6 Å². The van der Waals surface area contributed by atoms with Crippen molar-refractivity contribution in [2.75, 3.05) is 36.9 Å². The van der Waals surface area contributed by atoms with Gasteiger partial charge in [0.1, 0.15) is 29.8 Å². The molecule has 5 rings (SSSR count). The molecule has 3 aromatic rings. The quantitative estimate of drug-likeness (QED) is 0.410. The van der Waals surface area contributed by atoms with Gasteiger partial charge in [0.25, 0.3) is 0 Å². The van der Waals surface area contributed by atoms with E-state index < -0.39 is 11.2 Å². The molecule has 2 aromatic carbocycles. The predicted molar refractivity (Wildman–Crippen MR) is 143 cm³/mol. The average molecular weight is 544 g/mol. The highest BCUT2D eigenvalue weighted by atomic mass is 35.5. The van der Waals surface area contributed by atoms with Crippen LogP contribution in [0.5, 0.6) is 5.75 Å². The molecule has 2 aliphatic rings. The largest absolute Gasteiger partial charge is 0.486 e. The van der Waals surface area contributed by atoms with E-state index in [9.17, 15) is 9.18 Å². The zero-order chi connectivity index (χ0) is 26.9. The van der Waals surface area contributed by atoms with Crippen LogP contribution in [0.15, 0.2) is 36.7 Å². The van der Waals surface area contributed by atoms with Gasteiger partial charge >= 0.3 is 5.97 Å². The van der Waals surface area contributed by atoms with Gasteiger partial charge in [0.2, 0.25) is 0 Å². The summed E-state index contributed by atoms with van der Waals surface area (Å²) in [6, 6.07) is 8.25. The lowest BCUT2D eigenvalue weighted by Crippen LogP contribution is -2.33. The molecular formula is C27H31ClFN5O4. The van der Waals surface area contributed by atoms with Crippen molar-refractivity contribution in [3.05, 3.63) is 47.5 Å². The molecule has 2 fully saturated rings. The van der Waals surface area contributed by atoms with Crippen molar-refractivity contribution in [3.63, 3.8) is 0 Å². The molecule has 0 unspecified atom stereocenters. The minimum atomic E-state index is -0.577. The van der Waals surface area contributed by atoms with Gasteiger partial charge < -0.3 is 24.9 Å². The third kappa shape index (κ3) is 6.09. The molecule has 0 amide bonds. The number of hydroxylamine groups is 2. The van der Waals surface area contributed by atoms with Crippen LogP contribution >= 0.6 is 11.6 Å². The Hall–Kier alpha value is -3.21. The number of carbonyl (C=O) groups is 1. The van der Waals surface area contributed by atoms with Crippen LogP contribution in [0.3, 0.4) is 0 Å². The first kappa shape index (κ1) is 26.4. The number of hydrogen-bond acceptors (Lipinski definition) is 9. The molecule has 11 heteroatoms. The van der Waals surface area contributed by atoms with E-state index in [-0.39, 0.29) is 23.1 Å². The third-order valence-electron chi connectivity index (χ3n) is 6.44. The van der Waals surface area contributed by atoms with Gasteiger partial charge in [-0.15, -0.1) is 5.06 Å². The lowest BCUT2D eigenvalue weighted by molar-refractivity contribution is -0.195. The molecular weight excluding hydrogens is 513 g/mol. The molecule has 0 radical (unpaired) electrons. The van der Waals surface area contributed by atoms with Gasteiger partial charge in [0.05, 0.1) is 41.4 Å². The van der Waals surface area contributed by atoms with Crippen LogP contribution in [0, 0.1) is 11.2 Å². The number of anilines is 3. The molecule has 9 nitrogen and oxygen atoms in total. The number of rotatable bonds is 7. The fourth-order valence-electron chi connectivity index (χ4n) is 4.29. The van der Waals surface area contributed by atoms with Crippen molar-refractivity contribution < 1.29 is 23.5 Å². The maximum atomic E-state index is 13.7. The summed E-state index contributed by atoms with van der Waals surface area (Å²) < 4.78 is 25.5. The summed E-state index contributed by atoms with van der Waals surface area (Å²) >= 11 is 5.97. The zero-order valence-electron chi connectivity index (χ0n) is 21.6. The first-order chi connectivity index (χ1) is 18.2. The Morgan fingerprint density at radius 2 is 2.05 bits per heavy atom. The monoisotopic (exact) mass is 543 g/mol. The third-order valence-corrected chi connectivity index (χ3v) is 6.73. The van der Waals surface area contributed by atoms with Gasteiger partial charge in [-0.25, -0.2) is 19.2 Å². The summed E-state index contributed by atoms with van der Waals surface area (Å²) in [5, 5.41) is 9.25. The number of benzene rings is 2. The number of fused-ring (bicyclic) bond motifs is 1. The van der Waals surface area contributed by atoms with E-state index in [1.807, 2.05) is 32.9 Å². The average Bonchev–Trinajstić information content (AvgIpc) is 3.54. The lowest BCUT2D eigenvalue weighted by Gasteiger charge is -2.23. The molecule has 2 N–H and O–H groups in total. The van der Waals surface area contributed by atoms with Crippen molar-refractivity contribution in [2.45, 2.75) is 45.8 Å². The molecule has 1 aromatic heterocycles. The number of hydrogen-bond donors (Lipinski definition) is 2. The summed E-state index contributed by atoms with van der Waals surface area (Å²) in [6.07, 6.45) is 3.00. The number of nitrogens with one attached hydrogen (secondary N) is 2. The Labute approximate surface area is 225 Å². The summed E-state index contributed by atoms with van der Waals surface area (Å²) in [5.74, 6) is 0.451. The molecule has 0 saturated carbocycles. The number of halogens is 2. The first-order valence-electron chi connectivity index (χ1n) is 12.6. The Kier molecular flexibility index (Phi) is 7.56. The van der Waals surface area contributed by atoms with Gasteiger partial charge in [-0.05, 0) is 51.5 Å². The standard InChI is InChI=1S/C27H31ClFN5O4/c1-27(2,3)26(35)38-34-8-6-17(13-34)32-23-11-19-22(12-24(23)37-18-7-9-36-14-18)30-15-31-25(19)33-16-4-5-21(29)20(28)10-16/h4-5,10-12,15,17-18,32H,6-9,13-14H2,1-3H3,(H,30,31,33)/t17-,18-/m0/s1. The first-order valence-corrected chi connectivity index (χ1v) is 13.0. The molecule has 38 heavy (non-hydrogen) atoms. The van der Waals surface area contributed by atoms with Crippen LogP contribution < -0.4 is 15.4 Å². The van der Waals surface area contributed by atoms with Crippen LogP contribution in [-0.2, 0) is 14.4 Å². The number of aromatic nitrogens is 2. The van der Waals surface area contributed by atoms with Gasteiger partial charge in [-0.2, -0.15) is 0 Å². The van der Waals surface area contributed by atoms with Crippen molar-refractivity contribution >= 4 is 45.7 Å². The van der Waals surface area contributed by atoms with Crippen molar-refractivity contribution in [1.82, 2.24) is 15.0 Å². The Balaban J connectivity index is 1.42. The highest BCUT2D eigenvalue weighted by molar-refractivity contribution is 6.31. The molecule has 0 aliphatic carbocycles. The van der Waals surface area contributed by atoms with Crippen LogP contribution in [-0.4, -0.2) is 59.4 Å². The van der Waals surface area contributed by atoms with E-state index in [1.165, 1.54) is 18.5 Å². The molecule has 2 aliphatic heterocycles. The minimum absolute atomic E-state index is 0.0168. The topological polar surface area (TPSA) is 97.8 Å². The molecule has 2 saturated heterocycles. The molecule has 2 atom stereocenters. The Bertz CT molecular complexity index is 1330. The number of carbonyl (C=O) groups excluding carboxylic acids is 1. The van der Waals surface area contributed by atoms with E-state index in [1.54, 1.807) is 11.1 Å². The normalized spacial score (nSPS) is 20.0. The zero-order valence-corrected chi connectivity index (χ0v) is 22.3. The maximum Gasteiger partial charge on any atom is 0.330 e. The second kappa shape index (κ2) is 10.9. The van der Waals surface area contributed by atoms with Crippen molar-refractivity contribution in [3.8, 4) is 5.75 Å². The van der Waals surface area contributed by atoms with E-state index in [0.29, 0.717) is 49.1 Å². The fourth-order valence-corrected chi connectivity index (χ4v) is 4.47. The van der Waals surface area contributed by atoms with Crippen LogP contribution in [0.25, 0.3) is 10.9 Å². The van der Waals surface area contributed by atoms with Crippen LogP contribution in [0.1, 0.15) is 33.6 Å². The summed E-state index contributed by atoms with van der Waals surface area (Å²) in [4.78, 5) is 26.8. The minimum Gasteiger partial charge on any atom is -0.486 e. The SMILES string of the molecule is CC(C)(C)C(=O)ON1CC[C@H](Nc2cc3c(Nc4ccc(F)c(Cl)c4)ncnc3cc2O[C@H]2CCOC2)C1. The van der Waals surface area contributed by atoms with Crippen molar-refractivity contribution in [1.29, 1.82) is 0 Å². The summed E-state index contributed by atoms with van der Waals surface area (Å²) in [7, 11) is 0. The Morgan fingerprint density at radius 1 is 1.21 bits per heavy atom. The molecule has 0 spiro atoms. The van der Waals surface area contributed by atoms with Crippen molar-refractivity contribution in [2.24, 2.45) is 5.41 Å². The maximum absolute atomic E-state index is 13.7. The van der Waals surface area contributed by atoms with Gasteiger partial charge in [0, 0.05) is 36.1 Å². The summed E-state index contributed by atoms with van der Waals surface area (Å²) in [6.45, 7) is 7.85. The fraction of sp³-hybridized carbons (Fsp3) is 0.444. The van der Waals surface area contributed by atoms with E-state index >= 15 is 0 Å². The smallest absolute Gasteiger partial charge is 0.330 e. The number of ether oxygens (including phenoxy) is 2. The second-order valence-corrected chi connectivity index (χ2v) is 11.0. The summed E-state index contributed by atoms with van der Waals surface area (Å²) in [5.41, 5.74) is 1.48. The molecule has 3 heterocycles. The highest BCUT2D eigenvalue weighted by Crippen LogP contribution is 2.36. The Morgan fingerprint density at radius 3 is 2.79 bits per heavy atom. The highest BCUT2D eigenvalue weighted by Gasteiger charge is 2.31. The van der Waals surface area contributed by atoms with E-state index in [0.717, 1.165) is 23.9 Å². The van der Waals surface area contributed by atoms with Crippen LogP contribution in [0.4, 0.5) is 21.6 Å². The van der Waals surface area contributed by atoms with Crippen LogP contribution in [0.2, 0.25) is 5.02 Å². The number of nitrogens with zero attached hydrogens (tertiary/aromatic N) is 3.